The van der Waals surface area contributed by atoms with Crippen molar-refractivity contribution in [3.05, 3.63) is 35.4 Å². The molecular weight excluding hydrogens is 291 g/mol. The van der Waals surface area contributed by atoms with Gasteiger partial charge in [0, 0.05) is 13.7 Å². The highest BCUT2D eigenvalue weighted by molar-refractivity contribution is 7.56. The fourth-order valence-electron chi connectivity index (χ4n) is 2.15. The monoisotopic (exact) mass is 310 g/mol. The lowest BCUT2D eigenvalue weighted by Crippen LogP contribution is -2.33. The third-order valence-corrected chi connectivity index (χ3v) is 5.33. The summed E-state index contributed by atoms with van der Waals surface area (Å²) in [4.78, 5) is 25.5. The maximum absolute atomic E-state index is 12.6. The Morgan fingerprint density at radius 1 is 1.19 bits per heavy atom. The van der Waals surface area contributed by atoms with E-state index in [2.05, 4.69) is 5.09 Å². The van der Waals surface area contributed by atoms with E-state index in [-0.39, 0.29) is 6.29 Å². The van der Waals surface area contributed by atoms with Crippen LogP contribution in [0.1, 0.15) is 40.5 Å². The minimum absolute atomic E-state index is 0.250. The van der Waals surface area contributed by atoms with Gasteiger partial charge in [-0.3, -0.25) is 19.1 Å². The first kappa shape index (κ1) is 15.9. The predicted molar refractivity (Wildman–Crippen MR) is 79.3 cm³/mol. The quantitative estimate of drug-likeness (QED) is 0.476. The summed E-state index contributed by atoms with van der Waals surface area (Å²) in [5, 5.41) is 2.83. The Hall–Kier alpha value is -1.49. The summed E-state index contributed by atoms with van der Waals surface area (Å²) < 4.78 is 17.6. The topological polar surface area (TPSA) is 75.7 Å². The van der Waals surface area contributed by atoms with Crippen LogP contribution < -0.4 is 5.09 Å². The van der Waals surface area contributed by atoms with Crippen molar-refractivity contribution in [1.29, 1.82) is 0 Å². The molecule has 21 heavy (non-hydrogen) atoms. The molecule has 0 fully saturated rings. The zero-order valence-corrected chi connectivity index (χ0v) is 13.1. The molecule has 1 aliphatic heterocycles. The van der Waals surface area contributed by atoms with Crippen LogP contribution in [0.5, 0.6) is 0 Å². The van der Waals surface area contributed by atoms with Gasteiger partial charge in [-0.1, -0.05) is 25.5 Å². The Labute approximate surface area is 124 Å². The molecule has 1 aromatic carbocycles. The fraction of sp³-hybridized carbons (Fsp3) is 0.429. The third-order valence-electron chi connectivity index (χ3n) is 3.38. The molecule has 2 rings (SSSR count). The molecule has 0 saturated carbocycles. The molecule has 0 aliphatic carbocycles. The summed E-state index contributed by atoms with van der Waals surface area (Å²) in [5.74, 6) is -0.852. The van der Waals surface area contributed by atoms with Crippen LogP contribution in [0.2, 0.25) is 0 Å². The SMILES string of the molecule is CCCCNP(=O)(CN1C(=O)c2ccccc2C1=O)OC. The summed E-state index contributed by atoms with van der Waals surface area (Å²) in [6.45, 7) is 2.54. The van der Waals surface area contributed by atoms with Gasteiger partial charge in [0.2, 0.25) is 0 Å². The second-order valence-electron chi connectivity index (χ2n) is 4.84. The molecule has 1 aromatic rings. The highest BCUT2D eigenvalue weighted by Crippen LogP contribution is 2.43. The van der Waals surface area contributed by atoms with E-state index >= 15 is 0 Å². The molecule has 7 heteroatoms. The number of carbonyl (C=O) groups is 2. The van der Waals surface area contributed by atoms with Crippen molar-refractivity contribution in [3.63, 3.8) is 0 Å². The van der Waals surface area contributed by atoms with E-state index in [0.29, 0.717) is 17.7 Å². The van der Waals surface area contributed by atoms with Gasteiger partial charge in [0.05, 0.1) is 11.1 Å². The molecule has 2 amide bonds. The Balaban J connectivity index is 2.15. The van der Waals surface area contributed by atoms with Gasteiger partial charge in [-0.05, 0) is 18.6 Å². The molecule has 1 atom stereocenters. The summed E-state index contributed by atoms with van der Waals surface area (Å²) in [6, 6.07) is 6.58. The Kier molecular flexibility index (Phi) is 4.93. The second-order valence-corrected chi connectivity index (χ2v) is 7.15. The van der Waals surface area contributed by atoms with E-state index in [0.717, 1.165) is 17.7 Å². The first-order valence-corrected chi connectivity index (χ1v) is 8.68. The molecule has 0 bridgehead atoms. The number of benzene rings is 1. The molecule has 0 spiro atoms. The van der Waals surface area contributed by atoms with Crippen molar-refractivity contribution in [2.75, 3.05) is 19.9 Å². The zero-order chi connectivity index (χ0) is 15.5. The maximum Gasteiger partial charge on any atom is 0.289 e. The van der Waals surface area contributed by atoms with Gasteiger partial charge in [-0.15, -0.1) is 0 Å². The molecule has 1 N–H and O–H groups in total. The van der Waals surface area contributed by atoms with Crippen molar-refractivity contribution < 1.29 is 18.7 Å². The minimum atomic E-state index is -3.25. The lowest BCUT2D eigenvalue weighted by atomic mass is 10.1. The lowest BCUT2D eigenvalue weighted by molar-refractivity contribution is 0.0674. The largest absolute Gasteiger partial charge is 0.320 e. The average molecular weight is 310 g/mol. The van der Waals surface area contributed by atoms with Crippen LogP contribution in [0.3, 0.4) is 0 Å². The smallest absolute Gasteiger partial charge is 0.289 e. The number of rotatable bonds is 7. The Morgan fingerprint density at radius 3 is 2.24 bits per heavy atom. The number of unbranched alkanes of at least 4 members (excludes halogenated alkanes) is 1. The van der Waals surface area contributed by atoms with Crippen LogP contribution in [-0.2, 0) is 9.09 Å². The standard InChI is InChI=1S/C14H19N2O4P/c1-3-4-9-15-21(19,20-2)10-16-13(17)11-7-5-6-8-12(11)14(16)18/h5-8H,3-4,9-10H2,1-2H3,(H,15,19). The first-order valence-electron chi connectivity index (χ1n) is 6.87. The normalized spacial score (nSPS) is 17.0. The van der Waals surface area contributed by atoms with Gasteiger partial charge in [0.15, 0.2) is 0 Å². The van der Waals surface area contributed by atoms with Crippen molar-refractivity contribution in [1.82, 2.24) is 9.99 Å². The molecule has 1 unspecified atom stereocenters. The number of fused-ring (bicyclic) bond motifs is 1. The molecule has 1 heterocycles. The summed E-state index contributed by atoms with van der Waals surface area (Å²) in [5.41, 5.74) is 0.692. The number of nitrogens with one attached hydrogen (secondary N) is 1. The average Bonchev–Trinajstić information content (AvgIpc) is 2.73. The van der Waals surface area contributed by atoms with Crippen LogP contribution in [0, 0.1) is 0 Å². The molecule has 0 aromatic heterocycles. The predicted octanol–water partition coefficient (Wildman–Crippen LogP) is 2.47. The van der Waals surface area contributed by atoms with Crippen LogP contribution in [-0.4, -0.2) is 36.7 Å². The van der Waals surface area contributed by atoms with Gasteiger partial charge in [0.25, 0.3) is 19.3 Å². The molecule has 0 radical (unpaired) electrons. The molecule has 1 aliphatic rings. The van der Waals surface area contributed by atoms with Crippen LogP contribution in [0.25, 0.3) is 0 Å². The van der Waals surface area contributed by atoms with Crippen LogP contribution in [0.4, 0.5) is 0 Å². The number of amides is 2. The van der Waals surface area contributed by atoms with Gasteiger partial charge in [-0.25, -0.2) is 5.09 Å². The molecular formula is C14H19N2O4P. The van der Waals surface area contributed by atoms with Crippen LogP contribution >= 0.6 is 7.52 Å². The highest BCUT2D eigenvalue weighted by atomic mass is 31.2. The number of hydrogen-bond donors (Lipinski definition) is 1. The summed E-state index contributed by atoms with van der Waals surface area (Å²) in [6.07, 6.45) is 1.54. The van der Waals surface area contributed by atoms with Crippen molar-refractivity contribution >= 4 is 19.3 Å². The van der Waals surface area contributed by atoms with Crippen molar-refractivity contribution in [3.8, 4) is 0 Å². The summed E-state index contributed by atoms with van der Waals surface area (Å²) in [7, 11) is -1.93. The molecule has 114 valence electrons. The summed E-state index contributed by atoms with van der Waals surface area (Å²) >= 11 is 0. The third kappa shape index (κ3) is 3.23. The van der Waals surface area contributed by atoms with Gasteiger partial charge >= 0.3 is 0 Å². The van der Waals surface area contributed by atoms with E-state index in [1.807, 2.05) is 6.92 Å². The van der Waals surface area contributed by atoms with Gasteiger partial charge in [-0.2, -0.15) is 0 Å². The Bertz CT molecular complexity index is 567. The van der Waals surface area contributed by atoms with E-state index in [1.54, 1.807) is 24.3 Å². The Morgan fingerprint density at radius 2 is 1.76 bits per heavy atom. The maximum atomic E-state index is 12.6. The minimum Gasteiger partial charge on any atom is -0.320 e. The zero-order valence-electron chi connectivity index (χ0n) is 12.2. The molecule has 6 nitrogen and oxygen atoms in total. The number of hydrogen-bond acceptors (Lipinski definition) is 4. The van der Waals surface area contributed by atoms with Crippen LogP contribution in [0.15, 0.2) is 24.3 Å². The van der Waals surface area contributed by atoms with E-state index in [9.17, 15) is 14.2 Å². The highest BCUT2D eigenvalue weighted by Gasteiger charge is 2.39. The molecule has 0 saturated heterocycles. The number of nitrogens with zero attached hydrogens (tertiary/aromatic N) is 1. The number of carbonyl (C=O) groups excluding carboxylic acids is 2. The fourth-order valence-corrected chi connectivity index (χ4v) is 3.62. The number of imide groups is 1. The lowest BCUT2D eigenvalue weighted by Gasteiger charge is -2.22. The van der Waals surface area contributed by atoms with Crippen molar-refractivity contribution in [2.24, 2.45) is 0 Å². The van der Waals surface area contributed by atoms with Gasteiger partial charge in [0.1, 0.15) is 6.29 Å². The van der Waals surface area contributed by atoms with Gasteiger partial charge < -0.3 is 4.52 Å². The second kappa shape index (κ2) is 6.52. The van der Waals surface area contributed by atoms with E-state index < -0.39 is 19.3 Å². The van der Waals surface area contributed by atoms with E-state index in [1.165, 1.54) is 7.11 Å². The first-order chi connectivity index (χ1) is 10.0. The van der Waals surface area contributed by atoms with E-state index in [4.69, 9.17) is 4.52 Å². The van der Waals surface area contributed by atoms with Crippen molar-refractivity contribution in [2.45, 2.75) is 19.8 Å².